The van der Waals surface area contributed by atoms with E-state index in [0.717, 1.165) is 21.3 Å². The fourth-order valence-electron chi connectivity index (χ4n) is 1.30. The molecule has 0 amide bonds. The van der Waals surface area contributed by atoms with Gasteiger partial charge in [-0.1, -0.05) is 29.8 Å². The Morgan fingerprint density at radius 1 is 1.38 bits per heavy atom. The third-order valence-corrected chi connectivity index (χ3v) is 2.43. The largest absolute Gasteiger partial charge is 0.374 e. The number of rotatable bonds is 3. The van der Waals surface area contributed by atoms with Crippen LogP contribution < -0.4 is 0 Å². The van der Waals surface area contributed by atoms with Crippen LogP contribution >= 0.6 is 15.9 Å². The van der Waals surface area contributed by atoms with Gasteiger partial charge in [0, 0.05) is 11.1 Å². The van der Waals surface area contributed by atoms with E-state index >= 15 is 0 Å². The van der Waals surface area contributed by atoms with Gasteiger partial charge in [-0.25, -0.2) is 4.98 Å². The Labute approximate surface area is 104 Å². The summed E-state index contributed by atoms with van der Waals surface area (Å²) in [5, 5.41) is 0. The van der Waals surface area contributed by atoms with Crippen molar-refractivity contribution < 1.29 is 4.74 Å². The molecule has 1 aromatic heterocycles. The lowest BCUT2D eigenvalue weighted by Crippen LogP contribution is -1.93. The van der Waals surface area contributed by atoms with Gasteiger partial charge in [-0.2, -0.15) is 0 Å². The van der Waals surface area contributed by atoms with Crippen LogP contribution in [0.4, 0.5) is 0 Å². The molecular formula is C12H17BrN2O. The first-order chi connectivity index (χ1) is 7.79. The van der Waals surface area contributed by atoms with Crippen molar-refractivity contribution in [2.24, 2.45) is 0 Å². The molecular weight excluding hydrogens is 268 g/mol. The third kappa shape index (κ3) is 3.32. The molecule has 0 spiro atoms. The molecule has 2 rings (SSSR count). The van der Waals surface area contributed by atoms with E-state index in [-0.39, 0.29) is 0 Å². The van der Waals surface area contributed by atoms with Gasteiger partial charge in [0.05, 0.1) is 11.0 Å². The van der Waals surface area contributed by atoms with Crippen molar-refractivity contribution in [2.45, 2.75) is 27.4 Å². The topological polar surface area (TPSA) is 37.9 Å². The molecule has 2 aromatic rings. The highest BCUT2D eigenvalue weighted by atomic mass is 79.9. The molecule has 0 fully saturated rings. The molecule has 0 aliphatic carbocycles. The van der Waals surface area contributed by atoms with Crippen molar-refractivity contribution in [2.75, 3.05) is 6.61 Å². The Bertz CT molecular complexity index is 440. The molecule has 3 nitrogen and oxygen atoms in total. The van der Waals surface area contributed by atoms with Gasteiger partial charge in [0.2, 0.25) is 0 Å². The Morgan fingerprint density at radius 3 is 2.81 bits per heavy atom. The van der Waals surface area contributed by atoms with Crippen molar-refractivity contribution in [3.05, 3.63) is 28.5 Å². The predicted molar refractivity (Wildman–Crippen MR) is 70.5 cm³/mol. The van der Waals surface area contributed by atoms with E-state index in [0.29, 0.717) is 13.2 Å². The number of fused-ring (bicyclic) bond motifs is 1. The molecule has 0 unspecified atom stereocenters. The van der Waals surface area contributed by atoms with E-state index < -0.39 is 0 Å². The number of imidazole rings is 1. The number of nitrogens with one attached hydrogen (secondary N) is 1. The zero-order chi connectivity index (χ0) is 12.0. The Hall–Kier alpha value is -0.870. The van der Waals surface area contributed by atoms with Crippen molar-refractivity contribution in [1.82, 2.24) is 9.97 Å². The molecule has 4 heteroatoms. The zero-order valence-electron chi connectivity index (χ0n) is 9.88. The summed E-state index contributed by atoms with van der Waals surface area (Å²) in [7, 11) is 0. The van der Waals surface area contributed by atoms with E-state index in [1.165, 1.54) is 0 Å². The highest BCUT2D eigenvalue weighted by molar-refractivity contribution is 9.10. The molecule has 88 valence electrons. The minimum Gasteiger partial charge on any atom is -0.374 e. The van der Waals surface area contributed by atoms with Crippen LogP contribution in [0.15, 0.2) is 22.7 Å². The average molecular weight is 285 g/mol. The summed E-state index contributed by atoms with van der Waals surface area (Å²) < 4.78 is 6.33. The van der Waals surface area contributed by atoms with Crippen molar-refractivity contribution >= 4 is 27.0 Å². The van der Waals surface area contributed by atoms with Crippen LogP contribution in [0, 0.1) is 0 Å². The van der Waals surface area contributed by atoms with Gasteiger partial charge in [-0.05, 0) is 25.1 Å². The van der Waals surface area contributed by atoms with Crippen molar-refractivity contribution in [3.8, 4) is 0 Å². The number of halogens is 1. The van der Waals surface area contributed by atoms with Gasteiger partial charge in [0.25, 0.3) is 0 Å². The van der Waals surface area contributed by atoms with E-state index in [4.69, 9.17) is 4.74 Å². The smallest absolute Gasteiger partial charge is 0.133 e. The average Bonchev–Trinajstić information content (AvgIpc) is 2.71. The number of aromatic nitrogens is 2. The summed E-state index contributed by atoms with van der Waals surface area (Å²) in [6.07, 6.45) is 0. The molecule has 0 saturated heterocycles. The second kappa shape index (κ2) is 6.66. The van der Waals surface area contributed by atoms with Crippen LogP contribution in [0.25, 0.3) is 11.0 Å². The van der Waals surface area contributed by atoms with Crippen LogP contribution in [-0.4, -0.2) is 16.6 Å². The standard InChI is InChI=1S/C10H11BrN2O.C2H6/c1-2-14-6-10-12-8-4-3-7(11)5-9(8)13-10;1-2/h3-5H,2,6H2,1H3,(H,12,13);1-2H3. The predicted octanol–water partition coefficient (Wildman–Crippen LogP) is 3.89. The first kappa shape index (κ1) is 13.2. The second-order valence-corrected chi connectivity index (χ2v) is 3.90. The quantitative estimate of drug-likeness (QED) is 0.929. The number of aromatic amines is 1. The molecule has 0 saturated carbocycles. The minimum absolute atomic E-state index is 0.544. The molecule has 0 bridgehead atoms. The Morgan fingerprint density at radius 2 is 2.12 bits per heavy atom. The van der Waals surface area contributed by atoms with Crippen molar-refractivity contribution in [3.63, 3.8) is 0 Å². The summed E-state index contributed by atoms with van der Waals surface area (Å²) in [4.78, 5) is 7.60. The van der Waals surface area contributed by atoms with Crippen LogP contribution in [-0.2, 0) is 11.3 Å². The van der Waals surface area contributed by atoms with Gasteiger partial charge in [0.1, 0.15) is 12.4 Å². The van der Waals surface area contributed by atoms with Crippen LogP contribution in [0.5, 0.6) is 0 Å². The van der Waals surface area contributed by atoms with E-state index in [1.807, 2.05) is 39.0 Å². The number of hydrogen-bond acceptors (Lipinski definition) is 2. The molecule has 0 atom stereocenters. The van der Waals surface area contributed by atoms with Crippen LogP contribution in [0.3, 0.4) is 0 Å². The minimum atomic E-state index is 0.544. The third-order valence-electron chi connectivity index (χ3n) is 1.94. The number of benzene rings is 1. The maximum absolute atomic E-state index is 5.27. The number of H-pyrrole nitrogens is 1. The fourth-order valence-corrected chi connectivity index (χ4v) is 1.66. The lowest BCUT2D eigenvalue weighted by molar-refractivity contribution is 0.129. The fraction of sp³-hybridized carbons (Fsp3) is 0.417. The number of nitrogens with zero attached hydrogens (tertiary/aromatic N) is 1. The monoisotopic (exact) mass is 284 g/mol. The van der Waals surface area contributed by atoms with Gasteiger partial charge >= 0.3 is 0 Å². The van der Waals surface area contributed by atoms with E-state index in [9.17, 15) is 0 Å². The van der Waals surface area contributed by atoms with E-state index in [2.05, 4.69) is 25.9 Å². The number of hydrogen-bond donors (Lipinski definition) is 1. The molecule has 0 aliphatic rings. The maximum Gasteiger partial charge on any atom is 0.133 e. The summed E-state index contributed by atoms with van der Waals surface area (Å²) in [5.41, 5.74) is 2.01. The van der Waals surface area contributed by atoms with Gasteiger partial charge in [0.15, 0.2) is 0 Å². The van der Waals surface area contributed by atoms with Gasteiger partial charge < -0.3 is 9.72 Å². The first-order valence-electron chi connectivity index (χ1n) is 5.51. The van der Waals surface area contributed by atoms with Crippen molar-refractivity contribution in [1.29, 1.82) is 0 Å². The summed E-state index contributed by atoms with van der Waals surface area (Å²) >= 11 is 3.42. The van der Waals surface area contributed by atoms with Crippen LogP contribution in [0.2, 0.25) is 0 Å². The molecule has 16 heavy (non-hydrogen) atoms. The second-order valence-electron chi connectivity index (χ2n) is 2.98. The highest BCUT2D eigenvalue weighted by Gasteiger charge is 2.02. The Balaban J connectivity index is 0.000000606. The molecule has 1 aromatic carbocycles. The summed E-state index contributed by atoms with van der Waals surface area (Å²) in [6.45, 7) is 7.22. The first-order valence-corrected chi connectivity index (χ1v) is 6.31. The molecule has 0 aliphatic heterocycles. The Kier molecular flexibility index (Phi) is 5.49. The highest BCUT2D eigenvalue weighted by Crippen LogP contribution is 2.17. The van der Waals surface area contributed by atoms with Gasteiger partial charge in [-0.3, -0.25) is 0 Å². The molecule has 1 heterocycles. The lowest BCUT2D eigenvalue weighted by Gasteiger charge is -1.94. The lowest BCUT2D eigenvalue weighted by atomic mass is 10.3. The summed E-state index contributed by atoms with van der Waals surface area (Å²) in [6, 6.07) is 5.97. The maximum atomic E-state index is 5.27. The molecule has 0 radical (unpaired) electrons. The zero-order valence-corrected chi connectivity index (χ0v) is 11.5. The number of ether oxygens (including phenoxy) is 1. The molecule has 1 N–H and O–H groups in total. The normalized spacial score (nSPS) is 10.0. The van der Waals surface area contributed by atoms with Crippen LogP contribution in [0.1, 0.15) is 26.6 Å². The SMILES string of the molecule is CC.CCOCc1nc2ccc(Br)cc2[nH]1. The van der Waals surface area contributed by atoms with E-state index in [1.54, 1.807) is 0 Å². The summed E-state index contributed by atoms with van der Waals surface area (Å²) in [5.74, 6) is 0.875. The van der Waals surface area contributed by atoms with Gasteiger partial charge in [-0.15, -0.1) is 0 Å².